The highest BCUT2D eigenvalue weighted by Crippen LogP contribution is 2.38. The van der Waals surface area contributed by atoms with Gasteiger partial charge < -0.3 is 19.5 Å². The number of hydrogen-bond acceptors (Lipinski definition) is 7. The largest absolute Gasteiger partial charge is 0.493 e. The van der Waals surface area contributed by atoms with Gasteiger partial charge in [-0.05, 0) is 49.3 Å². The lowest BCUT2D eigenvalue weighted by molar-refractivity contribution is 0.0977. The van der Waals surface area contributed by atoms with E-state index in [1.807, 2.05) is 19.9 Å². The molecule has 3 aromatic rings. The molecule has 0 spiro atoms. The van der Waals surface area contributed by atoms with Crippen molar-refractivity contribution < 1.29 is 19.0 Å². The molecule has 0 aliphatic rings. The fourth-order valence-corrected chi connectivity index (χ4v) is 4.10. The maximum atomic E-state index is 12.7. The van der Waals surface area contributed by atoms with Crippen LogP contribution in [0, 0.1) is 13.8 Å². The number of carbonyl (C=O) groups excluding carboxylic acids is 1. The van der Waals surface area contributed by atoms with Gasteiger partial charge in [-0.15, -0.1) is 0 Å². The maximum Gasteiger partial charge on any atom is 0.257 e. The van der Waals surface area contributed by atoms with Crippen LogP contribution in [0.15, 0.2) is 24.3 Å². The number of methoxy groups -OCH3 is 3. The number of ether oxygens (including phenoxy) is 3. The lowest BCUT2D eigenvalue weighted by Crippen LogP contribution is -2.34. The SMILES string of the molecule is COc1cc(C(=O)NC(=S)Nc2nc3c(C)ccc(C)c3s2)cc(OC)c1OC. The number of fused-ring (bicyclic) bond motifs is 1. The van der Waals surface area contributed by atoms with Crippen LogP contribution in [0.5, 0.6) is 17.2 Å². The first-order valence-corrected chi connectivity index (χ1v) is 9.89. The second-order valence-electron chi connectivity index (χ2n) is 6.22. The number of thiazole rings is 1. The molecule has 0 atom stereocenters. The summed E-state index contributed by atoms with van der Waals surface area (Å²) >= 11 is 6.78. The molecule has 29 heavy (non-hydrogen) atoms. The highest BCUT2D eigenvalue weighted by molar-refractivity contribution is 7.80. The smallest absolute Gasteiger partial charge is 0.257 e. The number of thiocarbonyl (C=S) groups is 1. The Morgan fingerprint density at radius 2 is 1.66 bits per heavy atom. The van der Waals surface area contributed by atoms with Crippen molar-refractivity contribution in [2.75, 3.05) is 26.6 Å². The summed E-state index contributed by atoms with van der Waals surface area (Å²) in [6, 6.07) is 7.21. The van der Waals surface area contributed by atoms with E-state index in [0.29, 0.717) is 27.9 Å². The van der Waals surface area contributed by atoms with Crippen LogP contribution in [0.3, 0.4) is 0 Å². The van der Waals surface area contributed by atoms with E-state index >= 15 is 0 Å². The van der Waals surface area contributed by atoms with Gasteiger partial charge in [-0.1, -0.05) is 23.5 Å². The quantitative estimate of drug-likeness (QED) is 0.590. The van der Waals surface area contributed by atoms with E-state index in [2.05, 4.69) is 21.7 Å². The summed E-state index contributed by atoms with van der Waals surface area (Å²) < 4.78 is 16.9. The summed E-state index contributed by atoms with van der Waals surface area (Å²) in [6.07, 6.45) is 0. The number of aromatic nitrogens is 1. The average molecular weight is 432 g/mol. The molecule has 0 unspecified atom stereocenters. The van der Waals surface area contributed by atoms with Crippen molar-refractivity contribution >= 4 is 49.9 Å². The zero-order valence-corrected chi connectivity index (χ0v) is 18.3. The molecule has 7 nitrogen and oxygen atoms in total. The molecule has 0 fully saturated rings. The van der Waals surface area contributed by atoms with Gasteiger partial charge in [0.25, 0.3) is 5.91 Å². The highest BCUT2D eigenvalue weighted by atomic mass is 32.1. The molecule has 152 valence electrons. The Morgan fingerprint density at radius 3 is 2.21 bits per heavy atom. The van der Waals surface area contributed by atoms with Crippen molar-refractivity contribution in [1.82, 2.24) is 10.3 Å². The van der Waals surface area contributed by atoms with Gasteiger partial charge >= 0.3 is 0 Å². The molecule has 0 radical (unpaired) electrons. The fraction of sp³-hybridized carbons (Fsp3) is 0.250. The highest BCUT2D eigenvalue weighted by Gasteiger charge is 2.18. The van der Waals surface area contributed by atoms with E-state index in [4.69, 9.17) is 26.4 Å². The van der Waals surface area contributed by atoms with Gasteiger partial charge in [0.05, 0.1) is 31.5 Å². The fourth-order valence-electron chi connectivity index (χ4n) is 2.83. The Labute approximate surface area is 178 Å². The molecule has 2 aromatic carbocycles. The Kier molecular flexibility index (Phi) is 6.19. The van der Waals surface area contributed by atoms with Crippen LogP contribution in [-0.2, 0) is 0 Å². The standard InChI is InChI=1S/C20H21N3O4S2/c1-10-6-7-11(2)17-15(10)21-20(29-17)23-19(28)22-18(24)12-8-13(25-3)16(27-5)14(9-12)26-4/h6-9H,1-5H3,(H2,21,22,23,24,28). The van der Waals surface area contributed by atoms with E-state index in [-0.39, 0.29) is 5.11 Å². The third-order valence-electron chi connectivity index (χ3n) is 4.32. The number of amides is 1. The molecule has 0 saturated heterocycles. The zero-order valence-electron chi connectivity index (χ0n) is 16.7. The van der Waals surface area contributed by atoms with E-state index in [1.165, 1.54) is 32.7 Å². The number of anilines is 1. The molecule has 0 aliphatic heterocycles. The number of rotatable bonds is 5. The summed E-state index contributed by atoms with van der Waals surface area (Å²) in [6.45, 7) is 4.05. The minimum absolute atomic E-state index is 0.151. The summed E-state index contributed by atoms with van der Waals surface area (Å²) in [5, 5.41) is 6.41. The van der Waals surface area contributed by atoms with Crippen molar-refractivity contribution in [3.8, 4) is 17.2 Å². The summed E-state index contributed by atoms with van der Waals surface area (Å²) in [7, 11) is 4.48. The molecule has 3 rings (SSSR count). The second-order valence-corrected chi connectivity index (χ2v) is 7.63. The van der Waals surface area contributed by atoms with Crippen LogP contribution in [0.25, 0.3) is 10.2 Å². The molecule has 1 heterocycles. The number of hydrogen-bond donors (Lipinski definition) is 2. The first kappa shape index (κ1) is 20.8. The molecule has 9 heteroatoms. The van der Waals surface area contributed by atoms with E-state index in [9.17, 15) is 4.79 Å². The third-order valence-corrected chi connectivity index (χ3v) is 5.63. The van der Waals surface area contributed by atoms with Crippen molar-refractivity contribution in [2.45, 2.75) is 13.8 Å². The monoisotopic (exact) mass is 431 g/mol. The predicted molar refractivity (Wildman–Crippen MR) is 119 cm³/mol. The van der Waals surface area contributed by atoms with Crippen LogP contribution in [0.2, 0.25) is 0 Å². The average Bonchev–Trinajstić information content (AvgIpc) is 3.14. The first-order chi connectivity index (χ1) is 13.9. The van der Waals surface area contributed by atoms with Gasteiger partial charge in [0.1, 0.15) is 0 Å². The van der Waals surface area contributed by atoms with Crippen molar-refractivity contribution in [3.05, 3.63) is 41.0 Å². The van der Waals surface area contributed by atoms with E-state index in [1.54, 1.807) is 12.1 Å². The van der Waals surface area contributed by atoms with Crippen LogP contribution in [0.4, 0.5) is 5.13 Å². The number of nitrogens with one attached hydrogen (secondary N) is 2. The van der Waals surface area contributed by atoms with Gasteiger partial charge in [0, 0.05) is 5.56 Å². The summed E-state index contributed by atoms with van der Waals surface area (Å²) in [4.78, 5) is 17.2. The Morgan fingerprint density at radius 1 is 1.03 bits per heavy atom. The third kappa shape index (κ3) is 4.25. The maximum absolute atomic E-state index is 12.7. The van der Waals surface area contributed by atoms with Crippen molar-refractivity contribution in [1.29, 1.82) is 0 Å². The summed E-state index contributed by atoms with van der Waals surface area (Å²) in [5.74, 6) is 0.767. The van der Waals surface area contributed by atoms with Crippen molar-refractivity contribution in [2.24, 2.45) is 0 Å². The van der Waals surface area contributed by atoms with Gasteiger partial charge in [-0.25, -0.2) is 4.98 Å². The van der Waals surface area contributed by atoms with E-state index in [0.717, 1.165) is 21.3 Å². The molecule has 0 saturated carbocycles. The summed E-state index contributed by atoms with van der Waals surface area (Å²) in [5.41, 5.74) is 3.47. The number of benzene rings is 2. The van der Waals surface area contributed by atoms with Gasteiger partial charge in [-0.2, -0.15) is 0 Å². The van der Waals surface area contributed by atoms with Crippen LogP contribution >= 0.6 is 23.6 Å². The van der Waals surface area contributed by atoms with Gasteiger partial charge in [-0.3, -0.25) is 10.1 Å². The first-order valence-electron chi connectivity index (χ1n) is 8.67. The Balaban J connectivity index is 1.78. The topological polar surface area (TPSA) is 81.7 Å². The second kappa shape index (κ2) is 8.62. The normalized spacial score (nSPS) is 10.5. The number of nitrogens with zero attached hydrogens (tertiary/aromatic N) is 1. The molecule has 0 aliphatic carbocycles. The molecule has 0 bridgehead atoms. The minimum atomic E-state index is -0.407. The molecule has 1 amide bonds. The predicted octanol–water partition coefficient (Wildman–Crippen LogP) is 4.07. The van der Waals surface area contributed by atoms with Crippen LogP contribution in [-0.4, -0.2) is 37.3 Å². The van der Waals surface area contributed by atoms with Gasteiger partial charge in [0.15, 0.2) is 21.7 Å². The lowest BCUT2D eigenvalue weighted by Gasteiger charge is -2.14. The molecule has 1 aromatic heterocycles. The van der Waals surface area contributed by atoms with Crippen LogP contribution in [0.1, 0.15) is 21.5 Å². The molecular formula is C20H21N3O4S2. The minimum Gasteiger partial charge on any atom is -0.493 e. The molecule has 2 N–H and O–H groups in total. The van der Waals surface area contributed by atoms with Gasteiger partial charge in [0.2, 0.25) is 5.75 Å². The van der Waals surface area contributed by atoms with Crippen molar-refractivity contribution in [3.63, 3.8) is 0 Å². The van der Waals surface area contributed by atoms with E-state index < -0.39 is 5.91 Å². The molecular weight excluding hydrogens is 410 g/mol. The number of aryl methyl sites for hydroxylation is 2. The van der Waals surface area contributed by atoms with Crippen LogP contribution < -0.4 is 24.8 Å². The zero-order chi connectivity index (χ0) is 21.1. The Bertz CT molecular complexity index is 1030. The Hall–Kier alpha value is -2.91. The number of carbonyl (C=O) groups is 1. The lowest BCUT2D eigenvalue weighted by atomic mass is 10.1.